The van der Waals surface area contributed by atoms with Gasteiger partial charge in [0.05, 0.1) is 11.3 Å². The average Bonchev–Trinajstić information content (AvgIpc) is 3.32. The summed E-state index contributed by atoms with van der Waals surface area (Å²) in [6.07, 6.45) is 0.569. The third-order valence-corrected chi connectivity index (χ3v) is 4.30. The standard InChI is InChI=1S/C20H14BrN3O3/c21-17-11-10-16(26-17)19(25)22-15-9-5-4-8-14(15)20-23-18(24-27-20)12-13-6-2-1-3-7-13/h1-11H,12H2,(H,22,25). The van der Waals surface area contributed by atoms with Crippen LogP contribution in [-0.2, 0) is 6.42 Å². The van der Waals surface area contributed by atoms with Gasteiger partial charge in [-0.15, -0.1) is 0 Å². The van der Waals surface area contributed by atoms with E-state index in [9.17, 15) is 4.79 Å². The molecule has 6 nitrogen and oxygen atoms in total. The average molecular weight is 424 g/mol. The molecule has 1 amide bonds. The summed E-state index contributed by atoms with van der Waals surface area (Å²) >= 11 is 3.19. The van der Waals surface area contributed by atoms with Crippen molar-refractivity contribution < 1.29 is 13.7 Å². The van der Waals surface area contributed by atoms with E-state index >= 15 is 0 Å². The minimum atomic E-state index is -0.364. The molecule has 7 heteroatoms. The summed E-state index contributed by atoms with van der Waals surface area (Å²) < 4.78 is 11.2. The molecule has 134 valence electrons. The van der Waals surface area contributed by atoms with Crippen molar-refractivity contribution in [2.24, 2.45) is 0 Å². The fraction of sp³-hybridized carbons (Fsp3) is 0.0500. The maximum Gasteiger partial charge on any atom is 0.291 e. The molecule has 2 aromatic carbocycles. The van der Waals surface area contributed by atoms with Gasteiger partial charge in [-0.2, -0.15) is 4.98 Å². The first kappa shape index (κ1) is 17.2. The lowest BCUT2D eigenvalue weighted by molar-refractivity contribution is 0.0995. The molecule has 0 aliphatic heterocycles. The molecule has 0 aliphatic carbocycles. The topological polar surface area (TPSA) is 81.2 Å². The molecule has 0 atom stereocenters. The summed E-state index contributed by atoms with van der Waals surface area (Å²) in [4.78, 5) is 16.8. The number of aromatic nitrogens is 2. The summed E-state index contributed by atoms with van der Waals surface area (Å²) in [6.45, 7) is 0. The number of carbonyl (C=O) groups excluding carboxylic acids is 1. The van der Waals surface area contributed by atoms with E-state index in [1.165, 1.54) is 0 Å². The Morgan fingerprint density at radius 1 is 1.00 bits per heavy atom. The fourth-order valence-corrected chi connectivity index (χ4v) is 2.92. The highest BCUT2D eigenvalue weighted by molar-refractivity contribution is 9.10. The molecule has 4 rings (SSSR count). The van der Waals surface area contributed by atoms with Crippen molar-refractivity contribution in [2.45, 2.75) is 6.42 Å². The van der Waals surface area contributed by atoms with Crippen LogP contribution in [0.1, 0.15) is 21.9 Å². The van der Waals surface area contributed by atoms with E-state index in [1.807, 2.05) is 48.5 Å². The van der Waals surface area contributed by atoms with Crippen LogP contribution in [0.5, 0.6) is 0 Å². The first-order valence-electron chi connectivity index (χ1n) is 8.21. The normalized spacial score (nSPS) is 10.7. The molecular weight excluding hydrogens is 410 g/mol. The highest BCUT2D eigenvalue weighted by atomic mass is 79.9. The monoisotopic (exact) mass is 423 g/mol. The molecule has 0 spiro atoms. The number of halogens is 1. The molecular formula is C20H14BrN3O3. The Morgan fingerprint density at radius 2 is 1.78 bits per heavy atom. The molecule has 27 heavy (non-hydrogen) atoms. The zero-order valence-corrected chi connectivity index (χ0v) is 15.6. The second-order valence-electron chi connectivity index (χ2n) is 5.78. The number of nitrogens with one attached hydrogen (secondary N) is 1. The van der Waals surface area contributed by atoms with Crippen molar-refractivity contribution in [2.75, 3.05) is 5.32 Å². The summed E-state index contributed by atoms with van der Waals surface area (Å²) in [5, 5.41) is 6.86. The molecule has 4 aromatic rings. The van der Waals surface area contributed by atoms with Crippen LogP contribution in [0.2, 0.25) is 0 Å². The zero-order valence-electron chi connectivity index (χ0n) is 14.1. The van der Waals surface area contributed by atoms with Gasteiger partial charge in [-0.1, -0.05) is 47.6 Å². The number of carbonyl (C=O) groups is 1. The number of furan rings is 1. The molecule has 0 saturated carbocycles. The summed E-state index contributed by atoms with van der Waals surface area (Å²) in [6, 6.07) is 20.4. The fourth-order valence-electron chi connectivity index (χ4n) is 2.61. The van der Waals surface area contributed by atoms with Crippen LogP contribution < -0.4 is 5.32 Å². The van der Waals surface area contributed by atoms with Gasteiger partial charge >= 0.3 is 0 Å². The van der Waals surface area contributed by atoms with Crippen LogP contribution in [0.25, 0.3) is 11.5 Å². The second-order valence-corrected chi connectivity index (χ2v) is 6.56. The minimum Gasteiger partial charge on any atom is -0.444 e. The van der Waals surface area contributed by atoms with E-state index in [4.69, 9.17) is 8.94 Å². The van der Waals surface area contributed by atoms with Gasteiger partial charge in [0.15, 0.2) is 16.3 Å². The van der Waals surface area contributed by atoms with E-state index < -0.39 is 0 Å². The first-order valence-corrected chi connectivity index (χ1v) is 9.01. The van der Waals surface area contributed by atoms with Gasteiger partial charge in [-0.05, 0) is 45.8 Å². The third kappa shape index (κ3) is 3.98. The van der Waals surface area contributed by atoms with Crippen LogP contribution in [0, 0.1) is 0 Å². The molecule has 0 fully saturated rings. The molecule has 0 saturated heterocycles. The lowest BCUT2D eigenvalue weighted by Crippen LogP contribution is -2.11. The number of rotatable bonds is 5. The SMILES string of the molecule is O=C(Nc1ccccc1-c1nc(Cc2ccccc2)no1)c1ccc(Br)o1. The molecule has 2 aromatic heterocycles. The predicted molar refractivity (Wildman–Crippen MR) is 103 cm³/mol. The van der Waals surface area contributed by atoms with Gasteiger partial charge in [0.2, 0.25) is 0 Å². The van der Waals surface area contributed by atoms with Gasteiger partial charge in [-0.25, -0.2) is 0 Å². The summed E-state index contributed by atoms with van der Waals surface area (Å²) in [5.74, 6) is 0.758. The number of nitrogens with zero attached hydrogens (tertiary/aromatic N) is 2. The number of amides is 1. The van der Waals surface area contributed by atoms with Gasteiger partial charge < -0.3 is 14.3 Å². The van der Waals surface area contributed by atoms with Crippen LogP contribution in [0.3, 0.4) is 0 Å². The molecule has 0 bridgehead atoms. The number of anilines is 1. The molecule has 0 aliphatic rings. The smallest absolute Gasteiger partial charge is 0.291 e. The largest absolute Gasteiger partial charge is 0.444 e. The highest BCUT2D eigenvalue weighted by Gasteiger charge is 2.17. The van der Waals surface area contributed by atoms with Gasteiger partial charge in [0.25, 0.3) is 11.8 Å². The van der Waals surface area contributed by atoms with Crippen molar-refractivity contribution in [3.8, 4) is 11.5 Å². The lowest BCUT2D eigenvalue weighted by Gasteiger charge is -2.06. The number of para-hydroxylation sites is 1. The van der Waals surface area contributed by atoms with Crippen LogP contribution >= 0.6 is 15.9 Å². The zero-order chi connectivity index (χ0) is 18.6. The first-order chi connectivity index (χ1) is 13.2. The number of hydrogen-bond acceptors (Lipinski definition) is 5. The van der Waals surface area contributed by atoms with E-state index in [1.54, 1.807) is 18.2 Å². The summed E-state index contributed by atoms with van der Waals surface area (Å²) in [5.41, 5.74) is 2.29. The third-order valence-electron chi connectivity index (χ3n) is 3.88. The van der Waals surface area contributed by atoms with Crippen LogP contribution in [-0.4, -0.2) is 16.0 Å². The van der Waals surface area contributed by atoms with Gasteiger partial charge in [-0.3, -0.25) is 4.79 Å². The van der Waals surface area contributed by atoms with Crippen molar-refractivity contribution in [3.05, 3.63) is 88.5 Å². The molecule has 0 unspecified atom stereocenters. The molecule has 0 radical (unpaired) electrons. The molecule has 2 heterocycles. The minimum absolute atomic E-state index is 0.201. The number of hydrogen-bond donors (Lipinski definition) is 1. The van der Waals surface area contributed by atoms with E-state index in [0.717, 1.165) is 5.56 Å². The van der Waals surface area contributed by atoms with E-state index in [2.05, 4.69) is 31.4 Å². The van der Waals surface area contributed by atoms with Crippen molar-refractivity contribution >= 4 is 27.5 Å². The molecule has 1 N–H and O–H groups in total. The summed E-state index contributed by atoms with van der Waals surface area (Å²) in [7, 11) is 0. The lowest BCUT2D eigenvalue weighted by atomic mass is 10.1. The van der Waals surface area contributed by atoms with Crippen molar-refractivity contribution in [3.63, 3.8) is 0 Å². The van der Waals surface area contributed by atoms with Crippen LogP contribution in [0.15, 0.2) is 80.3 Å². The Kier molecular flexibility index (Phi) is 4.84. The Morgan fingerprint density at radius 3 is 2.56 bits per heavy atom. The van der Waals surface area contributed by atoms with Crippen molar-refractivity contribution in [1.29, 1.82) is 0 Å². The van der Waals surface area contributed by atoms with Gasteiger partial charge in [0.1, 0.15) is 0 Å². The van der Waals surface area contributed by atoms with E-state index in [-0.39, 0.29) is 11.7 Å². The van der Waals surface area contributed by atoms with Gasteiger partial charge in [0, 0.05) is 6.42 Å². The highest BCUT2D eigenvalue weighted by Crippen LogP contribution is 2.27. The number of benzene rings is 2. The maximum atomic E-state index is 12.4. The second kappa shape index (κ2) is 7.59. The Hall–Kier alpha value is -3.19. The van der Waals surface area contributed by atoms with Crippen molar-refractivity contribution in [1.82, 2.24) is 10.1 Å². The maximum absolute atomic E-state index is 12.4. The Bertz CT molecular complexity index is 1070. The Labute approximate surface area is 163 Å². The predicted octanol–water partition coefficient (Wildman–Crippen LogP) is 4.94. The quantitative estimate of drug-likeness (QED) is 0.491. The van der Waals surface area contributed by atoms with E-state index in [0.29, 0.717) is 34.1 Å². The van der Waals surface area contributed by atoms with Crippen LogP contribution in [0.4, 0.5) is 5.69 Å². The Balaban J connectivity index is 1.57.